The van der Waals surface area contributed by atoms with Crippen LogP contribution in [0.2, 0.25) is 0 Å². The molecule has 0 radical (unpaired) electrons. The molecule has 0 aliphatic rings. The van der Waals surface area contributed by atoms with Crippen molar-refractivity contribution in [2.24, 2.45) is 11.8 Å². The number of ether oxygens (including phenoxy) is 4. The number of rotatable bonds is 80. The summed E-state index contributed by atoms with van der Waals surface area (Å²) in [6, 6.07) is 0. The Bertz CT molecular complexity index is 1920. The molecule has 5 atom stereocenters. The first kappa shape index (κ1) is 98.1. The van der Waals surface area contributed by atoms with Crippen molar-refractivity contribution in [3.8, 4) is 0 Å². The van der Waals surface area contributed by atoms with Gasteiger partial charge in [0, 0.05) is 25.7 Å². The second kappa shape index (κ2) is 72.6. The van der Waals surface area contributed by atoms with Gasteiger partial charge in [-0.1, -0.05) is 375 Å². The van der Waals surface area contributed by atoms with Gasteiger partial charge in [-0.2, -0.15) is 0 Å². The molecule has 0 aliphatic carbocycles. The Balaban J connectivity index is 5.17. The average Bonchev–Trinajstić information content (AvgIpc) is 0.948. The Morgan fingerprint density at radius 3 is 0.680 bits per heavy atom. The van der Waals surface area contributed by atoms with Gasteiger partial charge >= 0.3 is 39.5 Å². The minimum atomic E-state index is -4.96. The highest BCUT2D eigenvalue weighted by Gasteiger charge is 2.30. The number of aliphatic hydroxyl groups excluding tert-OH is 1. The van der Waals surface area contributed by atoms with Gasteiger partial charge in [0.25, 0.3) is 0 Å². The fourth-order valence-corrected chi connectivity index (χ4v) is 14.1. The lowest BCUT2D eigenvalue weighted by Gasteiger charge is -2.21. The van der Waals surface area contributed by atoms with E-state index in [9.17, 15) is 43.2 Å². The fraction of sp³-hybridized carbons (Fsp3) is 0.951. The van der Waals surface area contributed by atoms with Crippen LogP contribution in [0.4, 0.5) is 0 Å². The van der Waals surface area contributed by atoms with Crippen molar-refractivity contribution in [3.05, 3.63) is 0 Å². The Labute approximate surface area is 613 Å². The quantitative estimate of drug-likeness (QED) is 0.0222. The third kappa shape index (κ3) is 74.3. The van der Waals surface area contributed by atoms with E-state index in [1.54, 1.807) is 0 Å². The summed E-state index contributed by atoms with van der Waals surface area (Å²) in [5, 5.41) is 10.6. The molecule has 0 rings (SSSR count). The molecule has 0 bridgehead atoms. The maximum atomic E-state index is 13.1. The molecular formula is C81H158O17P2. The predicted octanol–water partition coefficient (Wildman–Crippen LogP) is 24.3. The molecular weight excluding hydrogens is 1310 g/mol. The lowest BCUT2D eigenvalue weighted by molar-refractivity contribution is -0.161. The van der Waals surface area contributed by atoms with Crippen LogP contribution in [0.3, 0.4) is 0 Å². The first-order chi connectivity index (χ1) is 48.4. The van der Waals surface area contributed by atoms with Gasteiger partial charge in [-0.25, -0.2) is 9.13 Å². The van der Waals surface area contributed by atoms with Crippen molar-refractivity contribution in [2.75, 3.05) is 39.6 Å². The predicted molar refractivity (Wildman–Crippen MR) is 409 cm³/mol. The molecule has 100 heavy (non-hydrogen) atoms. The summed E-state index contributed by atoms with van der Waals surface area (Å²) in [4.78, 5) is 72.9. The normalized spacial score (nSPS) is 13.9. The third-order valence-electron chi connectivity index (χ3n) is 19.0. The van der Waals surface area contributed by atoms with Gasteiger partial charge in [-0.3, -0.25) is 37.3 Å². The van der Waals surface area contributed by atoms with Crippen LogP contribution in [0, 0.1) is 11.8 Å². The van der Waals surface area contributed by atoms with E-state index in [4.69, 9.17) is 37.0 Å². The van der Waals surface area contributed by atoms with Gasteiger partial charge in [0.2, 0.25) is 0 Å². The number of aliphatic hydroxyl groups is 1. The topological polar surface area (TPSA) is 237 Å². The van der Waals surface area contributed by atoms with E-state index >= 15 is 0 Å². The van der Waals surface area contributed by atoms with Crippen LogP contribution in [0.25, 0.3) is 0 Å². The molecule has 17 nitrogen and oxygen atoms in total. The van der Waals surface area contributed by atoms with E-state index < -0.39 is 97.5 Å². The van der Waals surface area contributed by atoms with Crippen molar-refractivity contribution in [2.45, 2.75) is 445 Å². The minimum absolute atomic E-state index is 0.106. The highest BCUT2D eigenvalue weighted by Crippen LogP contribution is 2.45. The zero-order valence-electron chi connectivity index (χ0n) is 65.5. The van der Waals surface area contributed by atoms with Crippen molar-refractivity contribution >= 4 is 39.5 Å². The third-order valence-corrected chi connectivity index (χ3v) is 20.9. The molecule has 0 spiro atoms. The van der Waals surface area contributed by atoms with Gasteiger partial charge in [-0.15, -0.1) is 0 Å². The summed E-state index contributed by atoms with van der Waals surface area (Å²) in [7, 11) is -9.91. The van der Waals surface area contributed by atoms with Crippen LogP contribution in [-0.4, -0.2) is 96.7 Å². The van der Waals surface area contributed by atoms with Crippen LogP contribution in [0.5, 0.6) is 0 Å². The number of carbonyl (C=O) groups excluding carboxylic acids is 4. The van der Waals surface area contributed by atoms with Crippen molar-refractivity contribution in [1.82, 2.24) is 0 Å². The smallest absolute Gasteiger partial charge is 0.462 e. The molecule has 594 valence electrons. The van der Waals surface area contributed by atoms with Gasteiger partial charge in [-0.05, 0) is 37.5 Å². The molecule has 0 aliphatic heterocycles. The molecule has 0 aromatic rings. The maximum Gasteiger partial charge on any atom is 0.472 e. The van der Waals surface area contributed by atoms with Crippen LogP contribution >= 0.6 is 15.6 Å². The minimum Gasteiger partial charge on any atom is -0.462 e. The Hall–Kier alpha value is -1.94. The fourth-order valence-electron chi connectivity index (χ4n) is 12.5. The van der Waals surface area contributed by atoms with E-state index in [0.29, 0.717) is 25.7 Å². The van der Waals surface area contributed by atoms with Gasteiger partial charge in [0.05, 0.1) is 26.4 Å². The summed E-state index contributed by atoms with van der Waals surface area (Å²) in [6.07, 6.45) is 62.7. The molecule has 0 heterocycles. The Morgan fingerprint density at radius 2 is 0.460 bits per heavy atom. The summed E-state index contributed by atoms with van der Waals surface area (Å²) >= 11 is 0. The maximum absolute atomic E-state index is 13.1. The second-order valence-corrected chi connectivity index (χ2v) is 33.0. The molecule has 0 aromatic heterocycles. The molecule has 0 saturated carbocycles. The molecule has 0 fully saturated rings. The van der Waals surface area contributed by atoms with Crippen LogP contribution < -0.4 is 0 Å². The number of esters is 4. The molecule has 2 unspecified atom stereocenters. The van der Waals surface area contributed by atoms with Crippen molar-refractivity contribution in [1.29, 1.82) is 0 Å². The van der Waals surface area contributed by atoms with Gasteiger partial charge in [0.15, 0.2) is 12.2 Å². The zero-order chi connectivity index (χ0) is 73.5. The number of phosphoric ester groups is 2. The molecule has 0 aromatic carbocycles. The number of phosphoric acid groups is 2. The first-order valence-electron chi connectivity index (χ1n) is 42.0. The molecule has 0 saturated heterocycles. The van der Waals surface area contributed by atoms with Crippen molar-refractivity contribution < 1.29 is 80.2 Å². The summed E-state index contributed by atoms with van der Waals surface area (Å²) in [5.41, 5.74) is 0. The van der Waals surface area contributed by atoms with Gasteiger partial charge in [0.1, 0.15) is 19.3 Å². The molecule has 0 amide bonds. The average molecular weight is 1470 g/mol. The van der Waals surface area contributed by atoms with Crippen LogP contribution in [-0.2, 0) is 65.4 Å². The Kier molecular flexibility index (Phi) is 71.2. The number of carbonyl (C=O) groups is 4. The van der Waals surface area contributed by atoms with Crippen LogP contribution in [0.15, 0.2) is 0 Å². The Morgan fingerprint density at radius 1 is 0.270 bits per heavy atom. The summed E-state index contributed by atoms with van der Waals surface area (Å²) in [5.74, 6) is -0.536. The SMILES string of the molecule is CCCCCCCCCCCCCCCCCCCCCCC(=O)O[C@H](COC(=O)CCCCCCCCCCCCCCCCCCC(C)C)COP(=O)(O)OC[C@@H](O)COP(=O)(O)OC[C@@H](COC(=O)CCCCCCCCC)OC(=O)CCCCCCCCCCCCCC(C)C. The number of unbranched alkanes of at least 4 members (excludes halogenated alkanes) is 50. The summed E-state index contributed by atoms with van der Waals surface area (Å²) < 4.78 is 68.6. The lowest BCUT2D eigenvalue weighted by atomic mass is 10.0. The molecule has 19 heteroatoms. The lowest BCUT2D eigenvalue weighted by Crippen LogP contribution is -2.30. The first-order valence-corrected chi connectivity index (χ1v) is 45.0. The second-order valence-electron chi connectivity index (χ2n) is 30.1. The van der Waals surface area contributed by atoms with E-state index in [0.717, 1.165) is 115 Å². The highest BCUT2D eigenvalue weighted by molar-refractivity contribution is 7.47. The monoisotopic (exact) mass is 1470 g/mol. The van der Waals surface area contributed by atoms with E-state index in [-0.39, 0.29) is 25.7 Å². The van der Waals surface area contributed by atoms with Crippen LogP contribution in [0.1, 0.15) is 427 Å². The standard InChI is InChI=1S/C81H158O17P2/c1-7-9-11-13-15-16-17-18-19-20-21-22-23-28-31-36-41-47-53-59-65-80(85)98-77(70-92-79(84)64-58-52-46-40-35-30-27-25-24-26-29-33-38-44-49-55-61-73(3)4)72-96-100(89,90)94-68-75(82)67-93-99(87,88)95-71-76(69-91-78(83)63-57-51-43-14-12-10-8-2)97-81(86)66-60-54-48-42-37-32-34-39-45-50-56-62-74(5)6/h73-77,82H,7-72H2,1-6H3,(H,87,88)(H,89,90)/t75-,76+,77+/m0/s1. The van der Waals surface area contributed by atoms with E-state index in [2.05, 4.69) is 41.5 Å². The van der Waals surface area contributed by atoms with Gasteiger partial charge < -0.3 is 33.8 Å². The number of hydrogen-bond donors (Lipinski definition) is 3. The van der Waals surface area contributed by atoms with E-state index in [1.165, 1.54) is 231 Å². The largest absolute Gasteiger partial charge is 0.472 e. The van der Waals surface area contributed by atoms with E-state index in [1.807, 2.05) is 0 Å². The highest BCUT2D eigenvalue weighted by atomic mass is 31.2. The van der Waals surface area contributed by atoms with Crippen molar-refractivity contribution in [3.63, 3.8) is 0 Å². The zero-order valence-corrected chi connectivity index (χ0v) is 67.3. The summed E-state index contributed by atoms with van der Waals surface area (Å²) in [6.45, 7) is 9.62. The molecule has 3 N–H and O–H groups in total. The number of hydrogen-bond acceptors (Lipinski definition) is 15.